The lowest BCUT2D eigenvalue weighted by atomic mass is 10.1. The summed E-state index contributed by atoms with van der Waals surface area (Å²) in [5.74, 6) is -0.350. The minimum absolute atomic E-state index is 0.161. The minimum Gasteiger partial charge on any atom is -0.353 e. The normalized spacial score (nSPS) is 17.0. The number of likely N-dealkylation sites (N-methyl/N-ethyl adjacent to an activating group) is 1. The van der Waals surface area contributed by atoms with Crippen LogP contribution in [0, 0.1) is 0 Å². The van der Waals surface area contributed by atoms with Crippen LogP contribution in [0.25, 0.3) is 6.08 Å². The molecule has 1 aliphatic heterocycles. The molecule has 1 N–H and O–H groups in total. The predicted octanol–water partition coefficient (Wildman–Crippen LogP) is 3.13. The Morgan fingerprint density at radius 2 is 1.96 bits per heavy atom. The van der Waals surface area contributed by atoms with E-state index in [0.29, 0.717) is 6.54 Å². The second-order valence-corrected chi connectivity index (χ2v) is 6.76. The fourth-order valence-corrected chi connectivity index (χ4v) is 2.84. The molecule has 0 unspecified atom stereocenters. The third-order valence-corrected chi connectivity index (χ3v) is 4.63. The van der Waals surface area contributed by atoms with Crippen molar-refractivity contribution in [3.63, 3.8) is 0 Å². The molecule has 4 nitrogen and oxygen atoms in total. The first-order chi connectivity index (χ1) is 12.3. The number of carbonyl (C=O) groups is 1. The maximum absolute atomic E-state index is 12.7. The van der Waals surface area contributed by atoms with Gasteiger partial charge >= 0.3 is 6.18 Å². The van der Waals surface area contributed by atoms with Crippen molar-refractivity contribution in [3.8, 4) is 0 Å². The highest BCUT2D eigenvalue weighted by Crippen LogP contribution is 2.32. The van der Waals surface area contributed by atoms with Gasteiger partial charge in [0.1, 0.15) is 0 Å². The average Bonchev–Trinajstić information content (AvgIpc) is 2.58. The molecule has 1 fully saturated rings. The molecule has 1 aliphatic rings. The molecule has 0 aromatic heterocycles. The Morgan fingerprint density at radius 3 is 2.62 bits per heavy atom. The number of hydrogen-bond acceptors (Lipinski definition) is 3. The summed E-state index contributed by atoms with van der Waals surface area (Å²) >= 11 is 5.89. The number of benzene rings is 1. The van der Waals surface area contributed by atoms with Gasteiger partial charge in [-0.2, -0.15) is 13.2 Å². The Hall–Kier alpha value is -1.57. The molecule has 144 valence electrons. The van der Waals surface area contributed by atoms with Crippen LogP contribution in [-0.4, -0.2) is 62.0 Å². The zero-order chi connectivity index (χ0) is 19.2. The molecule has 8 heteroatoms. The molecule has 1 aromatic rings. The van der Waals surface area contributed by atoms with Crippen molar-refractivity contribution in [2.24, 2.45) is 0 Å². The van der Waals surface area contributed by atoms with E-state index in [2.05, 4.69) is 22.2 Å². The quantitative estimate of drug-likeness (QED) is 0.600. The van der Waals surface area contributed by atoms with Crippen LogP contribution in [0.15, 0.2) is 24.3 Å². The first-order valence-electron chi connectivity index (χ1n) is 8.49. The summed E-state index contributed by atoms with van der Waals surface area (Å²) in [5.41, 5.74) is -0.636. The second kappa shape index (κ2) is 9.39. The molecule has 0 atom stereocenters. The van der Waals surface area contributed by atoms with E-state index < -0.39 is 11.7 Å². The summed E-state index contributed by atoms with van der Waals surface area (Å²) < 4.78 is 38.2. The van der Waals surface area contributed by atoms with Crippen LogP contribution in [-0.2, 0) is 11.0 Å². The molecule has 0 radical (unpaired) electrons. The van der Waals surface area contributed by atoms with Gasteiger partial charge in [-0.05, 0) is 49.9 Å². The summed E-state index contributed by atoms with van der Waals surface area (Å²) in [6.07, 6.45) is -1.11. The van der Waals surface area contributed by atoms with Gasteiger partial charge in [-0.25, -0.2) is 0 Å². The SMILES string of the molecule is CN1CCN(CCCNC(=O)/C=C/c2cc(C(F)(F)F)ccc2Cl)CC1. The van der Waals surface area contributed by atoms with Crippen LogP contribution in [0.4, 0.5) is 13.2 Å². The van der Waals surface area contributed by atoms with Gasteiger partial charge in [0.05, 0.1) is 5.56 Å². The Balaban J connectivity index is 1.77. The van der Waals surface area contributed by atoms with Gasteiger partial charge in [-0.1, -0.05) is 11.6 Å². The molecule has 0 spiro atoms. The topological polar surface area (TPSA) is 35.6 Å². The molecule has 2 rings (SSSR count). The number of hydrogen-bond donors (Lipinski definition) is 1. The molecule has 26 heavy (non-hydrogen) atoms. The maximum Gasteiger partial charge on any atom is 0.416 e. The molecule has 0 saturated carbocycles. The van der Waals surface area contributed by atoms with Gasteiger partial charge in [0, 0.05) is 43.8 Å². The number of amides is 1. The Bertz CT molecular complexity index is 641. The Morgan fingerprint density at radius 1 is 1.27 bits per heavy atom. The monoisotopic (exact) mass is 389 g/mol. The van der Waals surface area contributed by atoms with Gasteiger partial charge in [-0.15, -0.1) is 0 Å². The number of alkyl halides is 3. The lowest BCUT2D eigenvalue weighted by Crippen LogP contribution is -2.45. The van der Waals surface area contributed by atoms with Crippen molar-refractivity contribution in [2.75, 3.05) is 46.3 Å². The van der Waals surface area contributed by atoms with Gasteiger partial charge in [0.2, 0.25) is 5.91 Å². The Labute approximate surface area is 156 Å². The van der Waals surface area contributed by atoms with E-state index in [1.54, 1.807) is 0 Å². The van der Waals surface area contributed by atoms with Gasteiger partial charge in [-0.3, -0.25) is 4.79 Å². The van der Waals surface area contributed by atoms with E-state index >= 15 is 0 Å². The molecule has 0 aliphatic carbocycles. The van der Waals surface area contributed by atoms with Crippen LogP contribution in [0.1, 0.15) is 17.5 Å². The fourth-order valence-electron chi connectivity index (χ4n) is 2.66. The molecule has 1 amide bonds. The molecular formula is C18H23ClF3N3O. The minimum atomic E-state index is -4.45. The average molecular weight is 390 g/mol. The summed E-state index contributed by atoms with van der Waals surface area (Å²) in [5, 5.41) is 2.90. The van der Waals surface area contributed by atoms with Crippen LogP contribution in [0.3, 0.4) is 0 Å². The summed E-state index contributed by atoms with van der Waals surface area (Å²) in [6, 6.07) is 3.02. The zero-order valence-corrected chi connectivity index (χ0v) is 15.4. The lowest BCUT2D eigenvalue weighted by molar-refractivity contribution is -0.137. The lowest BCUT2D eigenvalue weighted by Gasteiger charge is -2.32. The number of nitrogens with one attached hydrogen (secondary N) is 1. The molecule has 1 saturated heterocycles. The van der Waals surface area contributed by atoms with Gasteiger partial charge in [0.15, 0.2) is 0 Å². The predicted molar refractivity (Wildman–Crippen MR) is 97.1 cm³/mol. The number of rotatable bonds is 6. The number of piperazine rings is 1. The van der Waals surface area contributed by atoms with E-state index in [1.165, 1.54) is 18.2 Å². The molecular weight excluding hydrogens is 367 g/mol. The number of carbonyl (C=O) groups excluding carboxylic acids is 1. The van der Waals surface area contributed by atoms with Crippen molar-refractivity contribution in [1.29, 1.82) is 0 Å². The number of halogens is 4. The summed E-state index contributed by atoms with van der Waals surface area (Å²) in [6.45, 7) is 5.58. The van der Waals surface area contributed by atoms with Crippen molar-refractivity contribution >= 4 is 23.6 Å². The highest BCUT2D eigenvalue weighted by Gasteiger charge is 2.30. The van der Waals surface area contributed by atoms with E-state index in [4.69, 9.17) is 11.6 Å². The highest BCUT2D eigenvalue weighted by atomic mass is 35.5. The van der Waals surface area contributed by atoms with Crippen LogP contribution in [0.2, 0.25) is 5.02 Å². The summed E-state index contributed by atoms with van der Waals surface area (Å²) in [7, 11) is 2.10. The largest absolute Gasteiger partial charge is 0.416 e. The van der Waals surface area contributed by atoms with Crippen LogP contribution < -0.4 is 5.32 Å². The zero-order valence-electron chi connectivity index (χ0n) is 14.7. The van der Waals surface area contributed by atoms with E-state index in [9.17, 15) is 18.0 Å². The summed E-state index contributed by atoms with van der Waals surface area (Å²) in [4.78, 5) is 16.5. The standard InChI is InChI=1S/C18H23ClF3N3O/c1-24-9-11-25(12-10-24)8-2-7-23-17(26)6-3-14-13-15(18(20,21)22)4-5-16(14)19/h3-6,13H,2,7-12H2,1H3,(H,23,26)/b6-3+. The van der Waals surface area contributed by atoms with Crippen molar-refractivity contribution in [2.45, 2.75) is 12.6 Å². The van der Waals surface area contributed by atoms with Gasteiger partial charge < -0.3 is 15.1 Å². The number of nitrogens with zero attached hydrogens (tertiary/aromatic N) is 2. The van der Waals surface area contributed by atoms with E-state index in [1.807, 2.05) is 0 Å². The molecule has 1 aromatic carbocycles. The fraction of sp³-hybridized carbons (Fsp3) is 0.500. The van der Waals surface area contributed by atoms with E-state index in [-0.39, 0.29) is 16.5 Å². The van der Waals surface area contributed by atoms with E-state index in [0.717, 1.165) is 51.3 Å². The highest BCUT2D eigenvalue weighted by molar-refractivity contribution is 6.32. The van der Waals surface area contributed by atoms with Crippen LogP contribution in [0.5, 0.6) is 0 Å². The van der Waals surface area contributed by atoms with Gasteiger partial charge in [0.25, 0.3) is 0 Å². The molecule has 1 heterocycles. The maximum atomic E-state index is 12.7. The Kier molecular flexibility index (Phi) is 7.49. The molecule has 0 bridgehead atoms. The first-order valence-corrected chi connectivity index (χ1v) is 8.87. The smallest absolute Gasteiger partial charge is 0.353 e. The second-order valence-electron chi connectivity index (χ2n) is 6.36. The third-order valence-electron chi connectivity index (χ3n) is 4.28. The van der Waals surface area contributed by atoms with Crippen LogP contribution >= 0.6 is 11.6 Å². The third kappa shape index (κ3) is 6.63. The first kappa shape index (κ1) is 20.7. The van der Waals surface area contributed by atoms with Crippen molar-refractivity contribution in [3.05, 3.63) is 40.4 Å². The van der Waals surface area contributed by atoms with Crippen molar-refractivity contribution < 1.29 is 18.0 Å². The van der Waals surface area contributed by atoms with Crippen molar-refractivity contribution in [1.82, 2.24) is 15.1 Å².